The Balaban J connectivity index is 3.30. The molecular weight excluding hydrogens is 132 g/mol. The molecule has 0 aromatic rings. The van der Waals surface area contributed by atoms with E-state index in [0.29, 0.717) is 26.2 Å². The number of hydrogen-bond donors (Lipinski definition) is 2. The third-order valence-electron chi connectivity index (χ3n) is 1.26. The van der Waals surface area contributed by atoms with Gasteiger partial charge in [-0.25, -0.2) is 0 Å². The first kappa shape index (κ1) is 9.84. The highest BCUT2D eigenvalue weighted by Gasteiger charge is 1.99. The minimum atomic E-state index is 0.0972. The van der Waals surface area contributed by atoms with Gasteiger partial charge in [0.25, 0.3) is 0 Å². The van der Waals surface area contributed by atoms with Gasteiger partial charge in [0.15, 0.2) is 0 Å². The lowest BCUT2D eigenvalue weighted by Crippen LogP contribution is -2.32. The van der Waals surface area contributed by atoms with Crippen molar-refractivity contribution < 1.29 is 10.2 Å². The van der Waals surface area contributed by atoms with Gasteiger partial charge < -0.3 is 10.2 Å². The molecule has 10 heavy (non-hydrogen) atoms. The molecule has 0 aliphatic heterocycles. The third kappa shape index (κ3) is 4.69. The largest absolute Gasteiger partial charge is 0.395 e. The summed E-state index contributed by atoms with van der Waals surface area (Å²) >= 11 is 0. The van der Waals surface area contributed by atoms with Crippen molar-refractivity contribution in [3.8, 4) is 0 Å². The standard InChI is InChI=1S/C6H15N2O2/c7-1-2-8(3-5-9)4-6-10/h7,9-10H,1-6H2. The summed E-state index contributed by atoms with van der Waals surface area (Å²) in [5.41, 5.74) is 6.89. The van der Waals surface area contributed by atoms with E-state index in [9.17, 15) is 0 Å². The molecule has 4 nitrogen and oxygen atoms in total. The SMILES string of the molecule is [NH]CCN(CCO)CCO. The Kier molecular flexibility index (Phi) is 6.84. The predicted octanol–water partition coefficient (Wildman–Crippen LogP) is -1.44. The van der Waals surface area contributed by atoms with Crippen LogP contribution in [-0.4, -0.2) is 54.5 Å². The van der Waals surface area contributed by atoms with Gasteiger partial charge in [0.1, 0.15) is 0 Å². The number of aliphatic hydroxyl groups is 2. The summed E-state index contributed by atoms with van der Waals surface area (Å²) < 4.78 is 0. The zero-order valence-corrected chi connectivity index (χ0v) is 6.08. The van der Waals surface area contributed by atoms with Crippen molar-refractivity contribution >= 4 is 0 Å². The normalized spacial score (nSPS) is 10.8. The average molecular weight is 147 g/mol. The second-order valence-corrected chi connectivity index (χ2v) is 2.04. The Morgan fingerprint density at radius 1 is 1.00 bits per heavy atom. The van der Waals surface area contributed by atoms with E-state index in [0.717, 1.165) is 0 Å². The van der Waals surface area contributed by atoms with Gasteiger partial charge in [-0.3, -0.25) is 10.6 Å². The number of aliphatic hydroxyl groups excluding tert-OH is 2. The van der Waals surface area contributed by atoms with E-state index in [1.165, 1.54) is 0 Å². The summed E-state index contributed by atoms with van der Waals surface area (Å²) in [5, 5.41) is 17.0. The van der Waals surface area contributed by atoms with Gasteiger partial charge in [0.2, 0.25) is 0 Å². The second kappa shape index (κ2) is 6.95. The number of nitrogens with zero attached hydrogens (tertiary/aromatic N) is 1. The molecule has 0 unspecified atom stereocenters. The lowest BCUT2D eigenvalue weighted by Gasteiger charge is -2.18. The van der Waals surface area contributed by atoms with Crippen molar-refractivity contribution in [1.29, 1.82) is 0 Å². The summed E-state index contributed by atoms with van der Waals surface area (Å²) in [6.07, 6.45) is 0. The molecule has 0 atom stereocenters. The lowest BCUT2D eigenvalue weighted by atomic mass is 10.4. The molecule has 0 heterocycles. The smallest absolute Gasteiger partial charge is 0.0558 e. The maximum atomic E-state index is 8.51. The summed E-state index contributed by atoms with van der Waals surface area (Å²) in [6.45, 7) is 2.25. The van der Waals surface area contributed by atoms with Crippen LogP contribution in [0.1, 0.15) is 0 Å². The maximum Gasteiger partial charge on any atom is 0.0558 e. The van der Waals surface area contributed by atoms with Gasteiger partial charge in [0, 0.05) is 26.2 Å². The highest BCUT2D eigenvalue weighted by atomic mass is 16.3. The van der Waals surface area contributed by atoms with Crippen molar-refractivity contribution in [3.63, 3.8) is 0 Å². The first-order valence-electron chi connectivity index (χ1n) is 3.43. The van der Waals surface area contributed by atoms with Crippen molar-refractivity contribution in [2.24, 2.45) is 0 Å². The fourth-order valence-corrected chi connectivity index (χ4v) is 0.776. The number of rotatable bonds is 6. The molecule has 1 radical (unpaired) electrons. The van der Waals surface area contributed by atoms with Gasteiger partial charge >= 0.3 is 0 Å². The fraction of sp³-hybridized carbons (Fsp3) is 1.00. The molecule has 0 bridgehead atoms. The highest BCUT2D eigenvalue weighted by molar-refractivity contribution is 4.55. The lowest BCUT2D eigenvalue weighted by molar-refractivity contribution is 0.164. The fourth-order valence-electron chi connectivity index (χ4n) is 0.776. The third-order valence-corrected chi connectivity index (χ3v) is 1.26. The second-order valence-electron chi connectivity index (χ2n) is 2.04. The molecule has 4 heteroatoms. The van der Waals surface area contributed by atoms with Gasteiger partial charge in [-0.1, -0.05) is 0 Å². The van der Waals surface area contributed by atoms with Crippen LogP contribution in [0.3, 0.4) is 0 Å². The van der Waals surface area contributed by atoms with E-state index >= 15 is 0 Å². The van der Waals surface area contributed by atoms with Gasteiger partial charge in [-0.2, -0.15) is 0 Å². The number of nitrogens with one attached hydrogen (secondary N) is 1. The van der Waals surface area contributed by atoms with Crippen LogP contribution in [-0.2, 0) is 0 Å². The molecule has 0 saturated carbocycles. The van der Waals surface area contributed by atoms with E-state index in [2.05, 4.69) is 0 Å². The zero-order chi connectivity index (χ0) is 7.82. The van der Waals surface area contributed by atoms with E-state index < -0.39 is 0 Å². The average Bonchev–Trinajstić information content (AvgIpc) is 1.90. The van der Waals surface area contributed by atoms with Gasteiger partial charge in [-0.05, 0) is 0 Å². The summed E-state index contributed by atoms with van der Waals surface area (Å²) in [4.78, 5) is 1.85. The quantitative estimate of drug-likeness (QED) is 0.483. The molecule has 0 amide bonds. The topological polar surface area (TPSA) is 67.5 Å². The van der Waals surface area contributed by atoms with Gasteiger partial charge in [0.05, 0.1) is 13.2 Å². The van der Waals surface area contributed by atoms with Crippen LogP contribution in [0.15, 0.2) is 0 Å². The van der Waals surface area contributed by atoms with Crippen LogP contribution < -0.4 is 5.73 Å². The van der Waals surface area contributed by atoms with Crippen LogP contribution in [0.5, 0.6) is 0 Å². The Labute approximate surface area is 61.3 Å². The minimum Gasteiger partial charge on any atom is -0.395 e. The summed E-state index contributed by atoms with van der Waals surface area (Å²) in [7, 11) is 0. The maximum absolute atomic E-state index is 8.51. The first-order chi connectivity index (χ1) is 4.85. The Morgan fingerprint density at radius 2 is 1.50 bits per heavy atom. The molecule has 0 rings (SSSR count). The van der Waals surface area contributed by atoms with Crippen molar-refractivity contribution in [2.45, 2.75) is 0 Å². The molecular formula is C6H15N2O2. The molecule has 3 N–H and O–H groups in total. The molecule has 61 valence electrons. The Bertz CT molecular complexity index is 56.5. The number of hydrogen-bond acceptors (Lipinski definition) is 3. The Morgan fingerprint density at radius 3 is 1.80 bits per heavy atom. The molecule has 0 spiro atoms. The predicted molar refractivity (Wildman–Crippen MR) is 38.6 cm³/mol. The van der Waals surface area contributed by atoms with Crippen molar-refractivity contribution in [2.75, 3.05) is 39.4 Å². The Hall–Kier alpha value is -0.160. The van der Waals surface area contributed by atoms with Crippen molar-refractivity contribution in [3.05, 3.63) is 0 Å². The van der Waals surface area contributed by atoms with Gasteiger partial charge in [-0.15, -0.1) is 0 Å². The zero-order valence-electron chi connectivity index (χ0n) is 6.08. The van der Waals surface area contributed by atoms with E-state index in [-0.39, 0.29) is 13.2 Å². The van der Waals surface area contributed by atoms with Crippen LogP contribution in [0.4, 0.5) is 0 Å². The molecule has 0 aliphatic carbocycles. The van der Waals surface area contributed by atoms with Crippen LogP contribution in [0.25, 0.3) is 0 Å². The van der Waals surface area contributed by atoms with E-state index in [1.54, 1.807) is 0 Å². The molecule has 0 saturated heterocycles. The van der Waals surface area contributed by atoms with Crippen molar-refractivity contribution in [1.82, 2.24) is 10.6 Å². The van der Waals surface area contributed by atoms with Crippen LogP contribution in [0, 0.1) is 0 Å². The minimum absolute atomic E-state index is 0.0972. The highest BCUT2D eigenvalue weighted by Crippen LogP contribution is 1.83. The van der Waals surface area contributed by atoms with Crippen LogP contribution >= 0.6 is 0 Å². The molecule has 0 aromatic carbocycles. The molecule has 0 aliphatic rings. The first-order valence-corrected chi connectivity index (χ1v) is 3.43. The molecule has 0 fully saturated rings. The summed E-state index contributed by atoms with van der Waals surface area (Å²) in [6, 6.07) is 0. The van der Waals surface area contributed by atoms with E-state index in [1.807, 2.05) is 4.90 Å². The van der Waals surface area contributed by atoms with E-state index in [4.69, 9.17) is 15.9 Å². The molecule has 0 aromatic heterocycles. The van der Waals surface area contributed by atoms with Crippen LogP contribution in [0.2, 0.25) is 0 Å². The monoisotopic (exact) mass is 147 g/mol. The summed E-state index contributed by atoms with van der Waals surface area (Å²) in [5.74, 6) is 0.